The first-order chi connectivity index (χ1) is 7.09. The summed E-state index contributed by atoms with van der Waals surface area (Å²) in [5.41, 5.74) is 0. The summed E-state index contributed by atoms with van der Waals surface area (Å²) in [6, 6.07) is 1.48. The highest BCUT2D eigenvalue weighted by Gasteiger charge is 2.24. The minimum absolute atomic E-state index is 0.00935. The van der Waals surface area contributed by atoms with Gasteiger partial charge in [-0.15, -0.1) is 0 Å². The van der Waals surface area contributed by atoms with Gasteiger partial charge in [-0.25, -0.2) is 13.1 Å². The quantitative estimate of drug-likeness (QED) is 0.702. The zero-order valence-corrected chi connectivity index (χ0v) is 9.29. The van der Waals surface area contributed by atoms with Gasteiger partial charge in [0.05, 0.1) is 6.20 Å². The number of aromatic nitrogens is 2. The Labute approximate surface area is 88.7 Å². The predicted molar refractivity (Wildman–Crippen MR) is 54.8 cm³/mol. The third-order valence-electron chi connectivity index (χ3n) is 2.43. The molecular weight excluding hydrogens is 216 g/mol. The second-order valence-electron chi connectivity index (χ2n) is 3.60. The van der Waals surface area contributed by atoms with E-state index in [0.29, 0.717) is 6.54 Å². The van der Waals surface area contributed by atoms with Crippen LogP contribution in [0.3, 0.4) is 0 Å². The van der Waals surface area contributed by atoms with E-state index in [1.165, 1.54) is 16.9 Å². The normalized spacial score (nSPS) is 22.1. The van der Waals surface area contributed by atoms with Crippen LogP contribution in [0.5, 0.6) is 0 Å². The van der Waals surface area contributed by atoms with Gasteiger partial charge in [0, 0.05) is 19.6 Å². The first kappa shape index (κ1) is 10.6. The molecule has 0 radical (unpaired) electrons. The van der Waals surface area contributed by atoms with Gasteiger partial charge < -0.3 is 5.32 Å². The molecule has 0 spiro atoms. The Kier molecular flexibility index (Phi) is 2.76. The van der Waals surface area contributed by atoms with Crippen molar-refractivity contribution in [1.82, 2.24) is 19.8 Å². The van der Waals surface area contributed by atoms with E-state index >= 15 is 0 Å². The monoisotopic (exact) mass is 230 g/mol. The summed E-state index contributed by atoms with van der Waals surface area (Å²) >= 11 is 0. The van der Waals surface area contributed by atoms with Crippen molar-refractivity contribution in [3.63, 3.8) is 0 Å². The molecule has 0 aromatic carbocycles. The van der Waals surface area contributed by atoms with Crippen LogP contribution in [-0.4, -0.2) is 37.3 Å². The molecule has 0 aliphatic carbocycles. The van der Waals surface area contributed by atoms with E-state index in [-0.39, 0.29) is 11.1 Å². The van der Waals surface area contributed by atoms with Crippen LogP contribution < -0.4 is 10.0 Å². The van der Waals surface area contributed by atoms with Crippen LogP contribution in [0.2, 0.25) is 0 Å². The molecule has 0 saturated carbocycles. The highest BCUT2D eigenvalue weighted by molar-refractivity contribution is 7.89. The van der Waals surface area contributed by atoms with Gasteiger partial charge in [-0.05, 0) is 19.0 Å². The summed E-state index contributed by atoms with van der Waals surface area (Å²) in [5, 5.41) is 7.15. The highest BCUT2D eigenvalue weighted by atomic mass is 32.2. The Bertz CT molecular complexity index is 433. The molecular formula is C8H14N4O2S. The topological polar surface area (TPSA) is 76.0 Å². The molecule has 7 heteroatoms. The van der Waals surface area contributed by atoms with E-state index in [2.05, 4.69) is 15.1 Å². The number of rotatable bonds is 3. The summed E-state index contributed by atoms with van der Waals surface area (Å²) < 4.78 is 27.7. The molecule has 2 rings (SSSR count). The number of hydrogen-bond acceptors (Lipinski definition) is 4. The largest absolute Gasteiger partial charge is 0.315 e. The molecule has 1 fully saturated rings. The number of hydrogen-bond donors (Lipinski definition) is 2. The summed E-state index contributed by atoms with van der Waals surface area (Å²) in [4.78, 5) is 0. The number of sulfonamides is 1. The molecule has 1 aliphatic rings. The molecule has 1 aliphatic heterocycles. The molecule has 0 unspecified atom stereocenters. The van der Waals surface area contributed by atoms with Gasteiger partial charge in [0.1, 0.15) is 0 Å². The lowest BCUT2D eigenvalue weighted by Gasteiger charge is -2.11. The fourth-order valence-electron chi connectivity index (χ4n) is 1.66. The van der Waals surface area contributed by atoms with Crippen LogP contribution in [0, 0.1) is 0 Å². The van der Waals surface area contributed by atoms with Gasteiger partial charge in [-0.1, -0.05) is 0 Å². The van der Waals surface area contributed by atoms with Crippen molar-refractivity contribution in [3.05, 3.63) is 12.3 Å². The Hall–Kier alpha value is -0.920. The summed E-state index contributed by atoms with van der Waals surface area (Å²) in [6.07, 6.45) is 2.30. The number of aryl methyl sites for hydroxylation is 1. The molecule has 2 heterocycles. The molecule has 1 atom stereocenters. The van der Waals surface area contributed by atoms with E-state index in [0.717, 1.165) is 13.0 Å². The molecule has 0 amide bonds. The maximum Gasteiger partial charge on any atom is 0.257 e. The average Bonchev–Trinajstić information content (AvgIpc) is 2.75. The lowest BCUT2D eigenvalue weighted by Crippen LogP contribution is -2.37. The maximum absolute atomic E-state index is 11.9. The Morgan fingerprint density at radius 2 is 2.47 bits per heavy atom. The van der Waals surface area contributed by atoms with Crippen molar-refractivity contribution < 1.29 is 8.42 Å². The lowest BCUT2D eigenvalue weighted by atomic mass is 10.3. The van der Waals surface area contributed by atoms with Gasteiger partial charge in [0.25, 0.3) is 10.0 Å². The SMILES string of the molecule is Cn1nccc1S(=O)(=O)N[C@H]1CCNC1. The van der Waals surface area contributed by atoms with Crippen molar-refractivity contribution in [1.29, 1.82) is 0 Å². The second kappa shape index (κ2) is 3.92. The third kappa shape index (κ3) is 2.19. The second-order valence-corrected chi connectivity index (χ2v) is 5.26. The predicted octanol–water partition coefficient (Wildman–Crippen LogP) is -0.940. The van der Waals surface area contributed by atoms with E-state index in [1.807, 2.05) is 0 Å². The molecule has 2 N–H and O–H groups in total. The van der Waals surface area contributed by atoms with Gasteiger partial charge in [0.15, 0.2) is 5.03 Å². The molecule has 0 bridgehead atoms. The Balaban J connectivity index is 2.16. The Morgan fingerprint density at radius 1 is 1.67 bits per heavy atom. The lowest BCUT2D eigenvalue weighted by molar-refractivity contribution is 0.544. The van der Waals surface area contributed by atoms with Crippen molar-refractivity contribution in [3.8, 4) is 0 Å². The van der Waals surface area contributed by atoms with Gasteiger partial charge in [-0.3, -0.25) is 4.68 Å². The molecule has 84 valence electrons. The van der Waals surface area contributed by atoms with E-state index < -0.39 is 10.0 Å². The maximum atomic E-state index is 11.9. The highest BCUT2D eigenvalue weighted by Crippen LogP contribution is 2.08. The fraction of sp³-hybridized carbons (Fsp3) is 0.625. The minimum Gasteiger partial charge on any atom is -0.315 e. The summed E-state index contributed by atoms with van der Waals surface area (Å²) in [6.45, 7) is 1.55. The van der Waals surface area contributed by atoms with Crippen molar-refractivity contribution >= 4 is 10.0 Å². The van der Waals surface area contributed by atoms with E-state index in [9.17, 15) is 8.42 Å². The first-order valence-corrected chi connectivity index (χ1v) is 6.29. The molecule has 1 aromatic heterocycles. The molecule has 1 saturated heterocycles. The minimum atomic E-state index is -3.42. The van der Waals surface area contributed by atoms with Gasteiger partial charge in [0.2, 0.25) is 0 Å². The van der Waals surface area contributed by atoms with E-state index in [4.69, 9.17) is 0 Å². The zero-order valence-electron chi connectivity index (χ0n) is 8.47. The van der Waals surface area contributed by atoms with Crippen LogP contribution in [0.4, 0.5) is 0 Å². The number of nitrogens with zero attached hydrogens (tertiary/aromatic N) is 2. The standard InChI is InChI=1S/C8H14N4O2S/c1-12-8(3-5-10-12)15(13,14)11-7-2-4-9-6-7/h3,5,7,9,11H,2,4,6H2,1H3/t7-/m0/s1. The molecule has 6 nitrogen and oxygen atoms in total. The zero-order chi connectivity index (χ0) is 10.9. The summed E-state index contributed by atoms with van der Waals surface area (Å²) in [7, 11) is -1.81. The van der Waals surface area contributed by atoms with Gasteiger partial charge in [-0.2, -0.15) is 5.10 Å². The fourth-order valence-corrected chi connectivity index (χ4v) is 3.06. The van der Waals surface area contributed by atoms with Crippen LogP contribution in [0.15, 0.2) is 17.3 Å². The molecule has 1 aromatic rings. The van der Waals surface area contributed by atoms with Crippen LogP contribution in [-0.2, 0) is 17.1 Å². The van der Waals surface area contributed by atoms with E-state index in [1.54, 1.807) is 7.05 Å². The van der Waals surface area contributed by atoms with Gasteiger partial charge >= 0.3 is 0 Å². The third-order valence-corrected chi connectivity index (χ3v) is 4.03. The summed E-state index contributed by atoms with van der Waals surface area (Å²) in [5.74, 6) is 0. The van der Waals surface area contributed by atoms with Crippen molar-refractivity contribution in [2.24, 2.45) is 7.05 Å². The number of nitrogens with one attached hydrogen (secondary N) is 2. The van der Waals surface area contributed by atoms with Crippen LogP contribution >= 0.6 is 0 Å². The van der Waals surface area contributed by atoms with Crippen molar-refractivity contribution in [2.45, 2.75) is 17.5 Å². The van der Waals surface area contributed by atoms with Crippen LogP contribution in [0.1, 0.15) is 6.42 Å². The first-order valence-electron chi connectivity index (χ1n) is 4.80. The van der Waals surface area contributed by atoms with Crippen LogP contribution in [0.25, 0.3) is 0 Å². The Morgan fingerprint density at radius 3 is 3.00 bits per heavy atom. The average molecular weight is 230 g/mol. The van der Waals surface area contributed by atoms with Crippen molar-refractivity contribution in [2.75, 3.05) is 13.1 Å². The molecule has 15 heavy (non-hydrogen) atoms. The smallest absolute Gasteiger partial charge is 0.257 e.